The number of carbonyl (C=O) groups is 2. The largest absolute Gasteiger partial charge is 0.367 e. The van der Waals surface area contributed by atoms with Crippen LogP contribution in [0.5, 0.6) is 0 Å². The van der Waals surface area contributed by atoms with Crippen LogP contribution in [0.25, 0.3) is 21.8 Å². The molecule has 30 heavy (non-hydrogen) atoms. The molecular weight excluding hydrogens is 383 g/mol. The number of benzene rings is 2. The average Bonchev–Trinajstić information content (AvgIpc) is 3.12. The van der Waals surface area contributed by atoms with E-state index in [1.165, 1.54) is 6.07 Å². The van der Waals surface area contributed by atoms with Crippen LogP contribution in [0.4, 0.5) is 10.1 Å². The molecule has 2 aromatic carbocycles. The minimum absolute atomic E-state index is 0.0810. The number of aromatic amines is 1. The fourth-order valence-electron chi connectivity index (χ4n) is 4.31. The van der Waals surface area contributed by atoms with Crippen LogP contribution >= 0.6 is 0 Å². The molecule has 1 saturated heterocycles. The van der Waals surface area contributed by atoms with Crippen LogP contribution in [0.1, 0.15) is 30.1 Å². The number of rotatable bonds is 3. The second kappa shape index (κ2) is 7.71. The number of nitrogens with two attached hydrogens (primary N) is 1. The van der Waals surface area contributed by atoms with Gasteiger partial charge in [0.15, 0.2) is 0 Å². The third kappa shape index (κ3) is 3.24. The fraction of sp³-hybridized carbons (Fsp3) is 0.304. The van der Waals surface area contributed by atoms with Gasteiger partial charge >= 0.3 is 0 Å². The maximum atomic E-state index is 15.4. The van der Waals surface area contributed by atoms with Crippen LogP contribution in [0.3, 0.4) is 0 Å². The molecule has 3 N–H and O–H groups in total. The first-order valence-corrected chi connectivity index (χ1v) is 9.89. The molecule has 6 nitrogen and oxygen atoms in total. The van der Waals surface area contributed by atoms with E-state index in [0.717, 1.165) is 23.7 Å². The maximum absolute atomic E-state index is 15.4. The number of hydrogen-bond acceptors (Lipinski definition) is 3. The third-order valence-corrected chi connectivity index (χ3v) is 5.79. The summed E-state index contributed by atoms with van der Waals surface area (Å²) in [5, 5.41) is 1.47. The van der Waals surface area contributed by atoms with Crippen LogP contribution in [0, 0.1) is 17.7 Å². The van der Waals surface area contributed by atoms with E-state index in [9.17, 15) is 9.59 Å². The van der Waals surface area contributed by atoms with Crippen molar-refractivity contribution in [2.24, 2.45) is 5.73 Å². The summed E-state index contributed by atoms with van der Waals surface area (Å²) in [5.74, 6) is 3.78. The van der Waals surface area contributed by atoms with Crippen molar-refractivity contribution in [3.63, 3.8) is 0 Å². The van der Waals surface area contributed by atoms with Gasteiger partial charge in [0.05, 0.1) is 16.8 Å². The van der Waals surface area contributed by atoms with Gasteiger partial charge in [-0.05, 0) is 37.8 Å². The standard InChI is InChI=1S/C23H23FN4O2/c1-3-7-19(29)27(2)14-8-6-11-28(13-14)22-17(24)12-16(23(25)30)21-20(22)15-9-4-5-10-18(15)26-21/h4-5,9-10,12,14,26H,6,8,11,13H2,1-2H3,(H2,25,30). The van der Waals surface area contributed by atoms with E-state index >= 15 is 4.39 Å². The predicted octanol–water partition coefficient (Wildman–Crippen LogP) is 3.01. The van der Waals surface area contributed by atoms with Crippen LogP contribution in [0.2, 0.25) is 0 Å². The second-order valence-corrected chi connectivity index (χ2v) is 7.57. The zero-order valence-electron chi connectivity index (χ0n) is 17.0. The first kappa shape index (κ1) is 19.8. The molecule has 1 unspecified atom stereocenters. The van der Waals surface area contributed by atoms with Gasteiger partial charge in [0.2, 0.25) is 0 Å². The second-order valence-electron chi connectivity index (χ2n) is 7.57. The number of primary amides is 1. The lowest BCUT2D eigenvalue weighted by Gasteiger charge is -2.38. The average molecular weight is 406 g/mol. The number of likely N-dealkylation sites (N-methyl/N-ethyl adjacent to an activating group) is 1. The molecule has 154 valence electrons. The molecule has 1 aliphatic heterocycles. The van der Waals surface area contributed by atoms with Gasteiger partial charge in [0, 0.05) is 42.5 Å². The Labute approximate surface area is 173 Å². The summed E-state index contributed by atoms with van der Waals surface area (Å²) in [6, 6.07) is 8.67. The lowest BCUT2D eigenvalue weighted by atomic mass is 10.00. The van der Waals surface area contributed by atoms with E-state index in [-0.39, 0.29) is 17.5 Å². The van der Waals surface area contributed by atoms with Gasteiger partial charge in [-0.15, -0.1) is 0 Å². The lowest BCUT2D eigenvalue weighted by molar-refractivity contribution is -0.126. The Hall–Kier alpha value is -3.53. The zero-order valence-corrected chi connectivity index (χ0v) is 17.0. The maximum Gasteiger partial charge on any atom is 0.298 e. The summed E-state index contributed by atoms with van der Waals surface area (Å²) in [7, 11) is 1.73. The van der Waals surface area contributed by atoms with Gasteiger partial charge in [0.25, 0.3) is 11.8 Å². The van der Waals surface area contributed by atoms with Crippen molar-refractivity contribution in [3.05, 3.63) is 41.7 Å². The minimum Gasteiger partial charge on any atom is -0.367 e. The van der Waals surface area contributed by atoms with Crippen LogP contribution in [0.15, 0.2) is 30.3 Å². The number of anilines is 1. The first-order valence-electron chi connectivity index (χ1n) is 9.89. The molecule has 0 saturated carbocycles. The summed E-state index contributed by atoms with van der Waals surface area (Å²) < 4.78 is 15.4. The Bertz CT molecular complexity index is 1220. The number of amides is 2. The number of nitrogens with one attached hydrogen (secondary N) is 1. The molecule has 1 aliphatic rings. The molecule has 7 heteroatoms. The van der Waals surface area contributed by atoms with Gasteiger partial charge < -0.3 is 20.5 Å². The van der Waals surface area contributed by atoms with Gasteiger partial charge in [-0.2, -0.15) is 0 Å². The molecule has 2 heterocycles. The Kier molecular flexibility index (Phi) is 5.08. The van der Waals surface area contributed by atoms with E-state index in [0.29, 0.717) is 29.7 Å². The normalized spacial score (nSPS) is 16.4. The number of nitrogens with zero attached hydrogens (tertiary/aromatic N) is 2. The SMILES string of the molecule is CC#CC(=O)N(C)C1CCCN(c2c(F)cc(C(N)=O)c3[nH]c4ccccc4c23)C1. The molecular formula is C23H23FN4O2. The number of hydrogen-bond donors (Lipinski definition) is 2. The molecule has 0 spiro atoms. The topological polar surface area (TPSA) is 82.4 Å². The number of fused-ring (bicyclic) bond motifs is 3. The number of piperidine rings is 1. The van der Waals surface area contributed by atoms with Gasteiger partial charge in [-0.25, -0.2) is 4.39 Å². The molecule has 4 rings (SSSR count). The number of H-pyrrole nitrogens is 1. The molecule has 0 radical (unpaired) electrons. The van der Waals surface area contributed by atoms with E-state index in [2.05, 4.69) is 16.8 Å². The van der Waals surface area contributed by atoms with Crippen molar-refractivity contribution < 1.29 is 14.0 Å². The highest BCUT2D eigenvalue weighted by molar-refractivity contribution is 6.19. The summed E-state index contributed by atoms with van der Waals surface area (Å²) >= 11 is 0. The number of aromatic nitrogens is 1. The first-order chi connectivity index (χ1) is 14.4. The van der Waals surface area contributed by atoms with Gasteiger partial charge in [-0.1, -0.05) is 24.1 Å². The van der Waals surface area contributed by atoms with Crippen molar-refractivity contribution in [1.82, 2.24) is 9.88 Å². The molecule has 0 aliphatic carbocycles. The van der Waals surface area contributed by atoms with E-state index in [1.54, 1.807) is 18.9 Å². The molecule has 1 aromatic heterocycles. The Morgan fingerprint density at radius 1 is 1.33 bits per heavy atom. The zero-order chi connectivity index (χ0) is 21.4. The summed E-state index contributed by atoms with van der Waals surface area (Å²) in [4.78, 5) is 31.0. The fourth-order valence-corrected chi connectivity index (χ4v) is 4.31. The van der Waals surface area contributed by atoms with Crippen molar-refractivity contribution in [1.29, 1.82) is 0 Å². The molecule has 3 aromatic rings. The third-order valence-electron chi connectivity index (χ3n) is 5.79. The van der Waals surface area contributed by atoms with Crippen molar-refractivity contribution in [3.8, 4) is 11.8 Å². The Balaban J connectivity index is 1.85. The number of carbonyl (C=O) groups excluding carboxylic acids is 2. The monoisotopic (exact) mass is 406 g/mol. The smallest absolute Gasteiger partial charge is 0.298 e. The van der Waals surface area contributed by atoms with Gasteiger partial charge in [0.1, 0.15) is 5.82 Å². The highest BCUT2D eigenvalue weighted by Gasteiger charge is 2.30. The highest BCUT2D eigenvalue weighted by atomic mass is 19.1. The number of para-hydroxylation sites is 1. The molecule has 1 fully saturated rings. The van der Waals surface area contributed by atoms with Crippen LogP contribution < -0.4 is 10.6 Å². The van der Waals surface area contributed by atoms with Crippen LogP contribution in [-0.2, 0) is 4.79 Å². The molecule has 1 atom stereocenters. The van der Waals surface area contributed by atoms with E-state index in [1.807, 2.05) is 29.2 Å². The Morgan fingerprint density at radius 3 is 2.83 bits per heavy atom. The quantitative estimate of drug-likeness (QED) is 0.656. The van der Waals surface area contributed by atoms with E-state index < -0.39 is 11.7 Å². The van der Waals surface area contributed by atoms with Crippen molar-refractivity contribution in [2.45, 2.75) is 25.8 Å². The summed E-state index contributed by atoms with van der Waals surface area (Å²) in [6.07, 6.45) is 1.63. The summed E-state index contributed by atoms with van der Waals surface area (Å²) in [5.41, 5.74) is 7.42. The van der Waals surface area contributed by atoms with Crippen LogP contribution in [-0.4, -0.2) is 47.9 Å². The van der Waals surface area contributed by atoms with Crippen molar-refractivity contribution in [2.75, 3.05) is 25.0 Å². The Morgan fingerprint density at radius 2 is 2.10 bits per heavy atom. The predicted molar refractivity (Wildman–Crippen MR) is 116 cm³/mol. The number of halogens is 1. The van der Waals surface area contributed by atoms with Crippen molar-refractivity contribution >= 4 is 39.3 Å². The van der Waals surface area contributed by atoms with E-state index in [4.69, 9.17) is 5.73 Å². The molecule has 2 amide bonds. The highest BCUT2D eigenvalue weighted by Crippen LogP contribution is 2.39. The summed E-state index contributed by atoms with van der Waals surface area (Å²) in [6.45, 7) is 2.76. The van der Waals surface area contributed by atoms with Gasteiger partial charge in [-0.3, -0.25) is 9.59 Å². The molecule has 0 bridgehead atoms. The minimum atomic E-state index is -0.683. The lowest BCUT2D eigenvalue weighted by Crippen LogP contribution is -2.48.